The second-order valence-electron chi connectivity index (χ2n) is 7.47. The van der Waals surface area contributed by atoms with Crippen LogP contribution in [-0.4, -0.2) is 51.8 Å². The molecule has 2 saturated heterocycles. The molecule has 0 saturated carbocycles. The van der Waals surface area contributed by atoms with E-state index in [4.69, 9.17) is 10.5 Å². The number of carbonyl (C=O) groups excluding carboxylic acids is 2. The normalized spacial score (nSPS) is 27.3. The van der Waals surface area contributed by atoms with Gasteiger partial charge < -0.3 is 15.4 Å². The number of likely N-dealkylation sites (tertiary alicyclic amines) is 1. The number of nitrogens with zero attached hydrogens (tertiary/aromatic N) is 3. The lowest BCUT2D eigenvalue weighted by atomic mass is 9.89. The Morgan fingerprint density at radius 2 is 1.92 bits per heavy atom. The fraction of sp³-hybridized carbons (Fsp3) is 0.722. The number of carbonyl (C=O) groups is 2. The fourth-order valence-electron chi connectivity index (χ4n) is 4.38. The van der Waals surface area contributed by atoms with Gasteiger partial charge in [0.2, 0.25) is 5.91 Å². The van der Waals surface area contributed by atoms with E-state index in [2.05, 4.69) is 5.10 Å². The number of rotatable bonds is 3. The SMILES string of the molecule is NC(=O)[C@H]1CC[C@@H](C2CCN(C(=O)c3cc4n(n3)CCCC4)CC2)O1. The van der Waals surface area contributed by atoms with E-state index in [1.54, 1.807) is 0 Å². The van der Waals surface area contributed by atoms with Crippen molar-refractivity contribution in [2.75, 3.05) is 13.1 Å². The first-order valence-corrected chi connectivity index (χ1v) is 9.42. The number of aryl methyl sites for hydroxylation is 2. The Kier molecular flexibility index (Phi) is 4.50. The molecule has 0 aromatic carbocycles. The molecule has 3 aliphatic rings. The van der Waals surface area contributed by atoms with Crippen molar-refractivity contribution in [1.82, 2.24) is 14.7 Å². The van der Waals surface area contributed by atoms with Gasteiger partial charge in [0.25, 0.3) is 5.91 Å². The topological polar surface area (TPSA) is 90.5 Å². The number of nitrogens with two attached hydrogens (primary N) is 1. The number of ether oxygens (including phenoxy) is 1. The summed E-state index contributed by atoms with van der Waals surface area (Å²) < 4.78 is 7.79. The maximum absolute atomic E-state index is 12.7. The molecule has 2 N–H and O–H groups in total. The summed E-state index contributed by atoms with van der Waals surface area (Å²) in [5.41, 5.74) is 7.10. The van der Waals surface area contributed by atoms with Crippen LogP contribution in [-0.2, 0) is 22.5 Å². The van der Waals surface area contributed by atoms with Gasteiger partial charge in [0.15, 0.2) is 5.69 Å². The Labute approximate surface area is 147 Å². The highest BCUT2D eigenvalue weighted by Crippen LogP contribution is 2.32. The molecule has 0 unspecified atom stereocenters. The molecule has 1 aromatic rings. The molecule has 0 radical (unpaired) electrons. The maximum atomic E-state index is 12.7. The third kappa shape index (κ3) is 3.29. The predicted molar refractivity (Wildman–Crippen MR) is 90.9 cm³/mol. The van der Waals surface area contributed by atoms with Crippen LogP contribution in [0.4, 0.5) is 0 Å². The molecule has 25 heavy (non-hydrogen) atoms. The molecule has 7 heteroatoms. The quantitative estimate of drug-likeness (QED) is 0.887. The Hall–Kier alpha value is -1.89. The number of aromatic nitrogens is 2. The van der Waals surface area contributed by atoms with E-state index in [1.165, 1.54) is 12.1 Å². The van der Waals surface area contributed by atoms with Gasteiger partial charge in [-0.05, 0) is 56.9 Å². The average Bonchev–Trinajstić information content (AvgIpc) is 3.28. The summed E-state index contributed by atoms with van der Waals surface area (Å²) in [4.78, 5) is 25.9. The minimum Gasteiger partial charge on any atom is -0.367 e. The lowest BCUT2D eigenvalue weighted by Crippen LogP contribution is -2.41. The third-order valence-electron chi connectivity index (χ3n) is 5.86. The van der Waals surface area contributed by atoms with E-state index in [9.17, 15) is 9.59 Å². The second kappa shape index (κ2) is 6.78. The number of piperidine rings is 1. The van der Waals surface area contributed by atoms with Crippen LogP contribution < -0.4 is 5.73 Å². The lowest BCUT2D eigenvalue weighted by molar-refractivity contribution is -0.130. The number of fused-ring (bicyclic) bond motifs is 1. The Morgan fingerprint density at radius 3 is 2.60 bits per heavy atom. The zero-order chi connectivity index (χ0) is 17.4. The molecule has 2 amide bonds. The van der Waals surface area contributed by atoms with Gasteiger partial charge in [0, 0.05) is 25.3 Å². The summed E-state index contributed by atoms with van der Waals surface area (Å²) >= 11 is 0. The summed E-state index contributed by atoms with van der Waals surface area (Å²) in [6.07, 6.45) is 6.45. The molecule has 2 atom stereocenters. The number of hydrogen-bond acceptors (Lipinski definition) is 4. The standard InChI is InChI=1S/C18H26N4O3/c19-17(23)16-5-4-15(25-16)12-6-9-21(10-7-12)18(24)14-11-13-3-1-2-8-22(13)20-14/h11-12,15-16H,1-10H2,(H2,19,23)/t15-,16+/m0/s1. The van der Waals surface area contributed by atoms with Crippen molar-refractivity contribution in [2.24, 2.45) is 11.7 Å². The van der Waals surface area contributed by atoms with Crippen LogP contribution in [0.5, 0.6) is 0 Å². The van der Waals surface area contributed by atoms with Crippen molar-refractivity contribution in [3.8, 4) is 0 Å². The molecule has 2 fully saturated rings. The summed E-state index contributed by atoms with van der Waals surface area (Å²) in [7, 11) is 0. The number of amides is 2. The smallest absolute Gasteiger partial charge is 0.274 e. The Balaban J connectivity index is 1.33. The van der Waals surface area contributed by atoms with E-state index < -0.39 is 6.10 Å². The minimum absolute atomic E-state index is 0.0442. The molecule has 4 rings (SSSR count). The molecule has 136 valence electrons. The Morgan fingerprint density at radius 1 is 1.12 bits per heavy atom. The van der Waals surface area contributed by atoms with Gasteiger partial charge in [0.05, 0.1) is 6.10 Å². The van der Waals surface area contributed by atoms with Crippen molar-refractivity contribution < 1.29 is 14.3 Å². The van der Waals surface area contributed by atoms with Crippen LogP contribution in [0.25, 0.3) is 0 Å². The molecule has 0 bridgehead atoms. The van der Waals surface area contributed by atoms with E-state index in [0.717, 1.165) is 58.2 Å². The van der Waals surface area contributed by atoms with E-state index >= 15 is 0 Å². The van der Waals surface area contributed by atoms with Crippen molar-refractivity contribution >= 4 is 11.8 Å². The van der Waals surface area contributed by atoms with E-state index in [0.29, 0.717) is 11.6 Å². The van der Waals surface area contributed by atoms with Crippen molar-refractivity contribution in [1.29, 1.82) is 0 Å². The number of hydrogen-bond donors (Lipinski definition) is 1. The first kappa shape index (κ1) is 16.6. The second-order valence-corrected chi connectivity index (χ2v) is 7.47. The predicted octanol–water partition coefficient (Wildman–Crippen LogP) is 1.10. The van der Waals surface area contributed by atoms with Gasteiger partial charge in [0.1, 0.15) is 6.10 Å². The van der Waals surface area contributed by atoms with Gasteiger partial charge in [-0.3, -0.25) is 14.3 Å². The highest BCUT2D eigenvalue weighted by Gasteiger charge is 2.36. The fourth-order valence-corrected chi connectivity index (χ4v) is 4.38. The van der Waals surface area contributed by atoms with Gasteiger partial charge in [-0.25, -0.2) is 0 Å². The monoisotopic (exact) mass is 346 g/mol. The molecule has 0 aliphatic carbocycles. The average molecular weight is 346 g/mol. The van der Waals surface area contributed by atoms with Gasteiger partial charge in [-0.2, -0.15) is 5.10 Å². The molecular formula is C18H26N4O3. The molecule has 7 nitrogen and oxygen atoms in total. The summed E-state index contributed by atoms with van der Waals surface area (Å²) in [5, 5.41) is 4.50. The van der Waals surface area contributed by atoms with Crippen LogP contribution in [0.2, 0.25) is 0 Å². The minimum atomic E-state index is -0.429. The van der Waals surface area contributed by atoms with E-state index in [-0.39, 0.29) is 17.9 Å². The highest BCUT2D eigenvalue weighted by molar-refractivity contribution is 5.92. The van der Waals surface area contributed by atoms with Crippen LogP contribution in [0.15, 0.2) is 6.07 Å². The van der Waals surface area contributed by atoms with Crippen LogP contribution in [0, 0.1) is 5.92 Å². The molecule has 3 aliphatic heterocycles. The Bertz CT molecular complexity index is 640. The largest absolute Gasteiger partial charge is 0.367 e. The molecular weight excluding hydrogens is 320 g/mol. The van der Waals surface area contributed by atoms with Gasteiger partial charge in [-0.1, -0.05) is 0 Å². The van der Waals surface area contributed by atoms with Crippen LogP contribution >= 0.6 is 0 Å². The van der Waals surface area contributed by atoms with Gasteiger partial charge in [-0.15, -0.1) is 0 Å². The maximum Gasteiger partial charge on any atom is 0.274 e. The third-order valence-corrected chi connectivity index (χ3v) is 5.86. The number of primary amides is 1. The lowest BCUT2D eigenvalue weighted by Gasteiger charge is -2.34. The zero-order valence-corrected chi connectivity index (χ0v) is 14.5. The molecule has 1 aromatic heterocycles. The van der Waals surface area contributed by atoms with E-state index in [1.807, 2.05) is 15.6 Å². The summed E-state index contributed by atoms with van der Waals surface area (Å²) in [6, 6.07) is 1.96. The first-order chi connectivity index (χ1) is 12.1. The van der Waals surface area contributed by atoms with Crippen LogP contribution in [0.3, 0.4) is 0 Å². The molecule has 0 spiro atoms. The van der Waals surface area contributed by atoms with Crippen LogP contribution in [0.1, 0.15) is 54.7 Å². The highest BCUT2D eigenvalue weighted by atomic mass is 16.5. The van der Waals surface area contributed by atoms with Crippen molar-refractivity contribution in [3.63, 3.8) is 0 Å². The van der Waals surface area contributed by atoms with Crippen molar-refractivity contribution in [2.45, 2.75) is 63.7 Å². The van der Waals surface area contributed by atoms with Gasteiger partial charge >= 0.3 is 0 Å². The molecule has 4 heterocycles. The summed E-state index contributed by atoms with van der Waals surface area (Å²) in [6.45, 7) is 2.38. The summed E-state index contributed by atoms with van der Waals surface area (Å²) in [5.74, 6) is 0.0881. The van der Waals surface area contributed by atoms with Crippen molar-refractivity contribution in [3.05, 3.63) is 17.5 Å². The first-order valence-electron chi connectivity index (χ1n) is 9.42. The zero-order valence-electron chi connectivity index (χ0n) is 14.5.